The quantitative estimate of drug-likeness (QED) is 0.595. The van der Waals surface area contributed by atoms with Gasteiger partial charge in [0.15, 0.2) is 0 Å². The molecule has 156 valence electrons. The zero-order valence-corrected chi connectivity index (χ0v) is 17.4. The number of hydrogen-bond donors (Lipinski definition) is 0. The van der Waals surface area contributed by atoms with Crippen LogP contribution in [0.15, 0.2) is 66.7 Å². The highest BCUT2D eigenvalue weighted by Gasteiger charge is 2.22. The van der Waals surface area contributed by atoms with Gasteiger partial charge in [-0.1, -0.05) is 42.5 Å². The van der Waals surface area contributed by atoms with Crippen molar-refractivity contribution < 1.29 is 14.3 Å². The molecule has 4 rings (SSSR count). The van der Waals surface area contributed by atoms with E-state index in [0.29, 0.717) is 26.3 Å². The number of benzene rings is 3. The Labute approximate surface area is 177 Å². The highest BCUT2D eigenvalue weighted by molar-refractivity contribution is 5.85. The van der Waals surface area contributed by atoms with Gasteiger partial charge in [0.2, 0.25) is 0 Å². The Kier molecular flexibility index (Phi) is 6.38. The number of piperazine rings is 1. The fourth-order valence-corrected chi connectivity index (χ4v) is 3.92. The Balaban J connectivity index is 1.25. The molecular weight excluding hydrogens is 376 g/mol. The second-order valence-electron chi connectivity index (χ2n) is 7.40. The van der Waals surface area contributed by atoms with Crippen LogP contribution in [-0.4, -0.2) is 50.4 Å². The molecule has 5 heteroatoms. The standard InChI is InChI=1S/C25H28N2O3/c1-2-29-23-12-10-22(11-13-23)26-15-17-27(18-16-26)25(28)30-19-14-21-8-5-7-20-6-3-4-9-24(20)21/h3-13H,2,14-19H2,1H3. The van der Waals surface area contributed by atoms with E-state index in [0.717, 1.165) is 30.9 Å². The first-order valence-electron chi connectivity index (χ1n) is 10.6. The van der Waals surface area contributed by atoms with Crippen molar-refractivity contribution in [3.8, 4) is 5.75 Å². The summed E-state index contributed by atoms with van der Waals surface area (Å²) in [5.41, 5.74) is 2.36. The molecule has 0 atom stereocenters. The monoisotopic (exact) mass is 404 g/mol. The van der Waals surface area contributed by atoms with Crippen LogP contribution in [0.25, 0.3) is 10.8 Å². The third kappa shape index (κ3) is 4.67. The zero-order chi connectivity index (χ0) is 20.8. The summed E-state index contributed by atoms with van der Waals surface area (Å²) in [6.45, 7) is 5.97. The molecule has 0 bridgehead atoms. The fraction of sp³-hybridized carbons (Fsp3) is 0.320. The number of carbonyl (C=O) groups is 1. The maximum atomic E-state index is 12.5. The third-order valence-electron chi connectivity index (χ3n) is 5.53. The highest BCUT2D eigenvalue weighted by atomic mass is 16.6. The number of hydrogen-bond acceptors (Lipinski definition) is 4. The van der Waals surface area contributed by atoms with Crippen molar-refractivity contribution in [3.63, 3.8) is 0 Å². The van der Waals surface area contributed by atoms with Crippen LogP contribution in [0, 0.1) is 0 Å². The molecule has 0 saturated carbocycles. The van der Waals surface area contributed by atoms with Crippen LogP contribution in [0.5, 0.6) is 5.75 Å². The van der Waals surface area contributed by atoms with E-state index in [2.05, 4.69) is 47.4 Å². The number of nitrogens with zero attached hydrogens (tertiary/aromatic N) is 2. The predicted molar refractivity (Wildman–Crippen MR) is 120 cm³/mol. The Hall–Kier alpha value is -3.21. The molecule has 1 amide bonds. The van der Waals surface area contributed by atoms with Gasteiger partial charge in [-0.2, -0.15) is 0 Å². The lowest BCUT2D eigenvalue weighted by Crippen LogP contribution is -2.49. The van der Waals surface area contributed by atoms with Gasteiger partial charge >= 0.3 is 6.09 Å². The maximum Gasteiger partial charge on any atom is 0.409 e. The Morgan fingerprint density at radius 1 is 0.900 bits per heavy atom. The normalized spacial score (nSPS) is 14.0. The molecule has 1 saturated heterocycles. The van der Waals surface area contributed by atoms with Gasteiger partial charge in [-0.25, -0.2) is 4.79 Å². The van der Waals surface area contributed by atoms with Crippen LogP contribution < -0.4 is 9.64 Å². The number of carbonyl (C=O) groups excluding carboxylic acids is 1. The van der Waals surface area contributed by atoms with Crippen LogP contribution in [0.2, 0.25) is 0 Å². The average Bonchev–Trinajstić information content (AvgIpc) is 2.80. The summed E-state index contributed by atoms with van der Waals surface area (Å²) in [6, 6.07) is 22.7. The zero-order valence-electron chi connectivity index (χ0n) is 17.4. The minimum atomic E-state index is -0.221. The highest BCUT2D eigenvalue weighted by Crippen LogP contribution is 2.21. The summed E-state index contributed by atoms with van der Waals surface area (Å²) in [4.78, 5) is 16.6. The summed E-state index contributed by atoms with van der Waals surface area (Å²) >= 11 is 0. The van der Waals surface area contributed by atoms with E-state index in [1.165, 1.54) is 16.3 Å². The van der Waals surface area contributed by atoms with Crippen molar-refractivity contribution in [2.45, 2.75) is 13.3 Å². The molecule has 0 aliphatic carbocycles. The molecule has 0 unspecified atom stereocenters. The summed E-state index contributed by atoms with van der Waals surface area (Å²) in [6.07, 6.45) is 0.501. The van der Waals surface area contributed by atoms with E-state index in [1.807, 2.05) is 31.2 Å². The lowest BCUT2D eigenvalue weighted by Gasteiger charge is -2.35. The van der Waals surface area contributed by atoms with Crippen molar-refractivity contribution in [3.05, 3.63) is 72.3 Å². The summed E-state index contributed by atoms with van der Waals surface area (Å²) in [5.74, 6) is 0.884. The topological polar surface area (TPSA) is 42.0 Å². The maximum absolute atomic E-state index is 12.5. The number of ether oxygens (including phenoxy) is 2. The molecule has 1 aliphatic heterocycles. The predicted octanol–water partition coefficient (Wildman–Crippen LogP) is 4.74. The van der Waals surface area contributed by atoms with Gasteiger partial charge < -0.3 is 19.3 Å². The van der Waals surface area contributed by atoms with Gasteiger partial charge in [0.05, 0.1) is 13.2 Å². The smallest absolute Gasteiger partial charge is 0.409 e. The Bertz CT molecular complexity index is 974. The average molecular weight is 405 g/mol. The van der Waals surface area contributed by atoms with Gasteiger partial charge in [-0.3, -0.25) is 0 Å². The van der Waals surface area contributed by atoms with Crippen molar-refractivity contribution in [2.24, 2.45) is 0 Å². The molecule has 1 fully saturated rings. The Morgan fingerprint density at radius 3 is 2.40 bits per heavy atom. The minimum absolute atomic E-state index is 0.221. The number of fused-ring (bicyclic) bond motifs is 1. The first kappa shape index (κ1) is 20.1. The van der Waals surface area contributed by atoms with Gasteiger partial charge in [-0.15, -0.1) is 0 Å². The largest absolute Gasteiger partial charge is 0.494 e. The summed E-state index contributed by atoms with van der Waals surface area (Å²) < 4.78 is 11.1. The first-order valence-corrected chi connectivity index (χ1v) is 10.6. The molecule has 30 heavy (non-hydrogen) atoms. The first-order chi connectivity index (χ1) is 14.7. The Morgan fingerprint density at radius 2 is 1.63 bits per heavy atom. The van der Waals surface area contributed by atoms with E-state index < -0.39 is 0 Å². The summed E-state index contributed by atoms with van der Waals surface area (Å²) in [7, 11) is 0. The van der Waals surface area contributed by atoms with Gasteiger partial charge in [0, 0.05) is 38.3 Å². The van der Waals surface area contributed by atoms with Gasteiger partial charge in [0.25, 0.3) is 0 Å². The lowest BCUT2D eigenvalue weighted by molar-refractivity contribution is 0.101. The molecule has 0 spiro atoms. The molecule has 5 nitrogen and oxygen atoms in total. The van der Waals surface area contributed by atoms with E-state index in [9.17, 15) is 4.79 Å². The second kappa shape index (κ2) is 9.53. The van der Waals surface area contributed by atoms with E-state index >= 15 is 0 Å². The molecule has 3 aromatic carbocycles. The second-order valence-corrected chi connectivity index (χ2v) is 7.40. The van der Waals surface area contributed by atoms with Crippen molar-refractivity contribution in [1.29, 1.82) is 0 Å². The van der Waals surface area contributed by atoms with E-state index in [4.69, 9.17) is 9.47 Å². The van der Waals surface area contributed by atoms with Crippen molar-refractivity contribution in [2.75, 3.05) is 44.3 Å². The van der Waals surface area contributed by atoms with Gasteiger partial charge in [-0.05, 0) is 47.5 Å². The van der Waals surface area contributed by atoms with Crippen LogP contribution in [-0.2, 0) is 11.2 Å². The molecule has 1 aliphatic rings. The summed E-state index contributed by atoms with van der Waals surface area (Å²) in [5, 5.41) is 2.44. The molecule has 3 aromatic rings. The molecule has 1 heterocycles. The van der Waals surface area contributed by atoms with Crippen LogP contribution in [0.4, 0.5) is 10.5 Å². The van der Waals surface area contributed by atoms with Crippen LogP contribution >= 0.6 is 0 Å². The number of rotatable bonds is 6. The lowest BCUT2D eigenvalue weighted by atomic mass is 10.0. The third-order valence-corrected chi connectivity index (χ3v) is 5.53. The minimum Gasteiger partial charge on any atom is -0.494 e. The molecule has 0 aromatic heterocycles. The molecule has 0 N–H and O–H groups in total. The van der Waals surface area contributed by atoms with Crippen molar-refractivity contribution in [1.82, 2.24) is 4.90 Å². The molecular formula is C25H28N2O3. The van der Waals surface area contributed by atoms with E-state index in [-0.39, 0.29) is 6.09 Å². The van der Waals surface area contributed by atoms with Crippen molar-refractivity contribution >= 4 is 22.6 Å². The van der Waals surface area contributed by atoms with E-state index in [1.54, 1.807) is 4.90 Å². The van der Waals surface area contributed by atoms with Crippen LogP contribution in [0.3, 0.4) is 0 Å². The fourth-order valence-electron chi connectivity index (χ4n) is 3.92. The number of anilines is 1. The number of amides is 1. The SMILES string of the molecule is CCOc1ccc(N2CCN(C(=O)OCCc3cccc4ccccc34)CC2)cc1. The van der Waals surface area contributed by atoms with Crippen LogP contribution in [0.1, 0.15) is 12.5 Å². The van der Waals surface area contributed by atoms with Gasteiger partial charge in [0.1, 0.15) is 5.75 Å². The molecule has 0 radical (unpaired) electrons.